The number of rotatable bonds is 6. The molecule has 2 aromatic carbocycles. The fourth-order valence-electron chi connectivity index (χ4n) is 4.57. The van der Waals surface area contributed by atoms with Gasteiger partial charge in [-0.15, -0.1) is 0 Å². The van der Waals surface area contributed by atoms with Crippen LogP contribution in [0.3, 0.4) is 0 Å². The zero-order valence-corrected chi connectivity index (χ0v) is 18.5. The number of aromatic nitrogens is 3. The smallest absolute Gasteiger partial charge is 0.247 e. The molecule has 0 bridgehead atoms. The molecule has 4 aromatic rings. The summed E-state index contributed by atoms with van der Waals surface area (Å²) in [5, 5.41) is 7.03. The summed E-state index contributed by atoms with van der Waals surface area (Å²) >= 11 is 0. The molecule has 0 spiro atoms. The van der Waals surface area contributed by atoms with E-state index in [-0.39, 0.29) is 5.91 Å². The van der Waals surface area contributed by atoms with Crippen molar-refractivity contribution in [1.29, 1.82) is 0 Å². The molecule has 3 N–H and O–H groups in total. The minimum absolute atomic E-state index is 0.249. The Bertz CT molecular complexity index is 1290. The molecule has 166 valence electrons. The molecular formula is C27H27N5O. The topological polar surface area (TPSA) is 82.7 Å². The van der Waals surface area contributed by atoms with Crippen molar-refractivity contribution in [3.8, 4) is 11.3 Å². The third-order valence-corrected chi connectivity index (χ3v) is 6.30. The van der Waals surface area contributed by atoms with Crippen molar-refractivity contribution in [2.24, 2.45) is 0 Å². The van der Waals surface area contributed by atoms with Crippen molar-refractivity contribution >= 4 is 34.1 Å². The van der Waals surface area contributed by atoms with E-state index in [2.05, 4.69) is 62.5 Å². The minimum atomic E-state index is -0.249. The maximum Gasteiger partial charge on any atom is 0.247 e. The third-order valence-electron chi connectivity index (χ3n) is 6.30. The van der Waals surface area contributed by atoms with Gasteiger partial charge in [0.05, 0.1) is 5.39 Å². The first kappa shape index (κ1) is 20.9. The van der Waals surface area contributed by atoms with Crippen molar-refractivity contribution in [2.75, 3.05) is 10.6 Å². The van der Waals surface area contributed by atoms with Crippen LogP contribution in [-0.2, 0) is 4.79 Å². The molecule has 1 fully saturated rings. The number of nitrogens with one attached hydrogen (secondary N) is 3. The third kappa shape index (κ3) is 4.65. The van der Waals surface area contributed by atoms with Gasteiger partial charge in [-0.25, -0.2) is 9.97 Å². The average Bonchev–Trinajstić information content (AvgIpc) is 3.30. The highest BCUT2D eigenvalue weighted by Crippen LogP contribution is 2.34. The van der Waals surface area contributed by atoms with Gasteiger partial charge in [-0.3, -0.25) is 4.79 Å². The van der Waals surface area contributed by atoms with E-state index in [4.69, 9.17) is 0 Å². The van der Waals surface area contributed by atoms with Crippen LogP contribution in [0.1, 0.15) is 43.6 Å². The normalized spacial score (nSPS) is 14.2. The molecule has 1 amide bonds. The predicted molar refractivity (Wildman–Crippen MR) is 134 cm³/mol. The Morgan fingerprint density at radius 2 is 1.79 bits per heavy atom. The number of aromatic amines is 1. The lowest BCUT2D eigenvalue weighted by molar-refractivity contribution is -0.111. The number of benzene rings is 2. The van der Waals surface area contributed by atoms with Gasteiger partial charge in [0.1, 0.15) is 17.8 Å². The Kier molecular flexibility index (Phi) is 5.89. The Morgan fingerprint density at radius 1 is 1.00 bits per heavy atom. The van der Waals surface area contributed by atoms with Gasteiger partial charge in [0.25, 0.3) is 0 Å². The summed E-state index contributed by atoms with van der Waals surface area (Å²) in [5.74, 6) is 1.15. The van der Waals surface area contributed by atoms with E-state index < -0.39 is 0 Å². The van der Waals surface area contributed by atoms with Gasteiger partial charge in [-0.1, -0.05) is 56.2 Å². The maximum atomic E-state index is 11.6. The van der Waals surface area contributed by atoms with Crippen molar-refractivity contribution in [3.63, 3.8) is 0 Å². The molecule has 6 nitrogen and oxygen atoms in total. The van der Waals surface area contributed by atoms with Crippen LogP contribution in [0.2, 0.25) is 0 Å². The second kappa shape index (κ2) is 9.28. The quantitative estimate of drug-likeness (QED) is 0.299. The zero-order chi connectivity index (χ0) is 22.6. The first-order valence-electron chi connectivity index (χ1n) is 11.4. The van der Waals surface area contributed by atoms with Gasteiger partial charge in [0.2, 0.25) is 5.91 Å². The first-order chi connectivity index (χ1) is 16.2. The average molecular weight is 438 g/mol. The minimum Gasteiger partial charge on any atom is -0.340 e. The first-order valence-corrected chi connectivity index (χ1v) is 11.4. The molecule has 2 heterocycles. The van der Waals surface area contributed by atoms with Crippen LogP contribution in [-0.4, -0.2) is 20.9 Å². The molecule has 0 atom stereocenters. The van der Waals surface area contributed by atoms with Crippen molar-refractivity contribution in [1.82, 2.24) is 15.0 Å². The molecule has 0 saturated heterocycles. The van der Waals surface area contributed by atoms with Crippen LogP contribution in [0.4, 0.5) is 17.2 Å². The lowest BCUT2D eigenvalue weighted by Gasteiger charge is -2.22. The number of hydrogen-bond acceptors (Lipinski definition) is 4. The van der Waals surface area contributed by atoms with Crippen LogP contribution >= 0.6 is 0 Å². The molecule has 5 rings (SSSR count). The number of carbonyl (C=O) groups is 1. The molecule has 0 radical (unpaired) electrons. The van der Waals surface area contributed by atoms with E-state index in [0.29, 0.717) is 17.4 Å². The molecule has 0 unspecified atom stereocenters. The number of amides is 1. The molecule has 1 aliphatic rings. The Balaban J connectivity index is 1.39. The molecule has 6 heteroatoms. The van der Waals surface area contributed by atoms with E-state index in [1.54, 1.807) is 6.33 Å². The standard InChI is InChI=1S/C27H27N5O/c1-2-25(33)30-21-9-6-10-22(15-21)31-26-23-16-24(32-27(23)29-17-28-26)20-13-11-19(12-14-20)18-7-4-3-5-8-18/h2,6,9-18H,1,3-5,7-8H2,(H,30,33)(H2,28,29,31,32). The van der Waals surface area contributed by atoms with Gasteiger partial charge in [-0.2, -0.15) is 0 Å². The number of anilines is 3. The zero-order valence-electron chi connectivity index (χ0n) is 18.5. The van der Waals surface area contributed by atoms with Crippen LogP contribution in [0.25, 0.3) is 22.3 Å². The highest BCUT2D eigenvalue weighted by atomic mass is 16.1. The van der Waals surface area contributed by atoms with Gasteiger partial charge in [0.15, 0.2) is 0 Å². The molecule has 1 saturated carbocycles. The van der Waals surface area contributed by atoms with Crippen LogP contribution in [0.5, 0.6) is 0 Å². The van der Waals surface area contributed by atoms with Crippen molar-refractivity contribution in [2.45, 2.75) is 38.0 Å². The molecular weight excluding hydrogens is 410 g/mol. The van der Waals surface area contributed by atoms with Crippen LogP contribution in [0.15, 0.2) is 73.6 Å². The second-order valence-corrected chi connectivity index (χ2v) is 8.52. The Hall–Kier alpha value is -3.93. The molecule has 1 aliphatic carbocycles. The van der Waals surface area contributed by atoms with E-state index in [0.717, 1.165) is 28.0 Å². The van der Waals surface area contributed by atoms with Crippen molar-refractivity contribution in [3.05, 3.63) is 79.1 Å². The highest BCUT2D eigenvalue weighted by Gasteiger charge is 2.16. The van der Waals surface area contributed by atoms with E-state index in [1.807, 2.05) is 24.3 Å². The molecule has 0 aliphatic heterocycles. The van der Waals surface area contributed by atoms with E-state index in [9.17, 15) is 4.79 Å². The van der Waals surface area contributed by atoms with Crippen LogP contribution < -0.4 is 10.6 Å². The summed E-state index contributed by atoms with van der Waals surface area (Å²) in [5.41, 5.74) is 5.86. The van der Waals surface area contributed by atoms with E-state index in [1.165, 1.54) is 43.7 Å². The Morgan fingerprint density at radius 3 is 2.58 bits per heavy atom. The van der Waals surface area contributed by atoms with Crippen LogP contribution in [0, 0.1) is 0 Å². The van der Waals surface area contributed by atoms with Gasteiger partial charge in [-0.05, 0) is 60.2 Å². The van der Waals surface area contributed by atoms with Gasteiger partial charge in [0, 0.05) is 17.1 Å². The number of H-pyrrole nitrogens is 1. The Labute approximate surface area is 193 Å². The highest BCUT2D eigenvalue weighted by molar-refractivity contribution is 5.99. The fraction of sp³-hybridized carbons (Fsp3) is 0.222. The van der Waals surface area contributed by atoms with Crippen molar-refractivity contribution < 1.29 is 4.79 Å². The number of carbonyl (C=O) groups excluding carboxylic acids is 1. The molecule has 33 heavy (non-hydrogen) atoms. The number of fused-ring (bicyclic) bond motifs is 1. The number of nitrogens with zero attached hydrogens (tertiary/aromatic N) is 2. The summed E-state index contributed by atoms with van der Waals surface area (Å²) in [7, 11) is 0. The lowest BCUT2D eigenvalue weighted by Crippen LogP contribution is -2.07. The fourth-order valence-corrected chi connectivity index (χ4v) is 4.57. The summed E-state index contributed by atoms with van der Waals surface area (Å²) in [6, 6.07) is 18.5. The predicted octanol–water partition coefficient (Wildman–Crippen LogP) is 6.54. The summed E-state index contributed by atoms with van der Waals surface area (Å²) in [6.45, 7) is 3.49. The van der Waals surface area contributed by atoms with E-state index >= 15 is 0 Å². The molecule has 2 aromatic heterocycles. The van der Waals surface area contributed by atoms with Gasteiger partial charge < -0.3 is 15.6 Å². The lowest BCUT2D eigenvalue weighted by atomic mass is 9.84. The summed E-state index contributed by atoms with van der Waals surface area (Å²) in [6.07, 6.45) is 9.44. The maximum absolute atomic E-state index is 11.6. The monoisotopic (exact) mass is 437 g/mol. The summed E-state index contributed by atoms with van der Waals surface area (Å²) in [4.78, 5) is 23.9. The summed E-state index contributed by atoms with van der Waals surface area (Å²) < 4.78 is 0. The second-order valence-electron chi connectivity index (χ2n) is 8.52. The number of hydrogen-bond donors (Lipinski definition) is 3. The SMILES string of the molecule is C=CC(=O)Nc1cccc(Nc2ncnc3[nH]c(-c4ccc(C5CCCCC5)cc4)cc23)c1. The van der Waals surface area contributed by atoms with Gasteiger partial charge >= 0.3 is 0 Å². The largest absolute Gasteiger partial charge is 0.340 e.